The van der Waals surface area contributed by atoms with Crippen molar-refractivity contribution in [3.63, 3.8) is 0 Å². The van der Waals surface area contributed by atoms with Crippen molar-refractivity contribution < 1.29 is 4.42 Å². The van der Waals surface area contributed by atoms with E-state index in [-0.39, 0.29) is 0 Å². The van der Waals surface area contributed by atoms with Gasteiger partial charge in [0.05, 0.1) is 11.9 Å². The summed E-state index contributed by atoms with van der Waals surface area (Å²) in [6.45, 7) is 4.54. The quantitative estimate of drug-likeness (QED) is 0.571. The Hall–Kier alpha value is -3.22. The standard InChI is InChI=1S/C18H18N6O/c1-12-6-4-5-7-15(12)24-10-14(8-21-24)9-23(3)17-16-18(20-11-19-17)25-13(2)22-16/h4-8,10-11H,9H2,1-3H3. The predicted octanol–water partition coefficient (Wildman–Crippen LogP) is 3.06. The Morgan fingerprint density at radius 1 is 1.16 bits per heavy atom. The highest BCUT2D eigenvalue weighted by Crippen LogP contribution is 2.23. The van der Waals surface area contributed by atoms with Gasteiger partial charge in [0.25, 0.3) is 5.71 Å². The van der Waals surface area contributed by atoms with Crippen LogP contribution in [-0.4, -0.2) is 31.8 Å². The summed E-state index contributed by atoms with van der Waals surface area (Å²) < 4.78 is 7.38. The van der Waals surface area contributed by atoms with Gasteiger partial charge in [0, 0.05) is 32.3 Å². The van der Waals surface area contributed by atoms with Gasteiger partial charge < -0.3 is 9.32 Å². The van der Waals surface area contributed by atoms with Gasteiger partial charge in [-0.15, -0.1) is 0 Å². The lowest BCUT2D eigenvalue weighted by molar-refractivity contribution is 0.551. The average molecular weight is 334 g/mol. The number of benzene rings is 1. The Balaban J connectivity index is 1.61. The zero-order valence-corrected chi connectivity index (χ0v) is 14.3. The normalized spacial score (nSPS) is 11.2. The molecule has 0 unspecified atom stereocenters. The van der Waals surface area contributed by atoms with Crippen molar-refractivity contribution in [3.8, 4) is 5.69 Å². The maximum atomic E-state index is 5.48. The molecule has 4 rings (SSSR count). The maximum absolute atomic E-state index is 5.48. The van der Waals surface area contributed by atoms with Crippen LogP contribution in [0.1, 0.15) is 17.0 Å². The van der Waals surface area contributed by atoms with Gasteiger partial charge in [-0.05, 0) is 18.6 Å². The average Bonchev–Trinajstić information content (AvgIpc) is 3.20. The van der Waals surface area contributed by atoms with Crippen molar-refractivity contribution in [1.82, 2.24) is 24.7 Å². The summed E-state index contributed by atoms with van der Waals surface area (Å²) in [7, 11) is 1.97. The van der Waals surface area contributed by atoms with E-state index >= 15 is 0 Å². The molecule has 0 fully saturated rings. The molecule has 0 saturated heterocycles. The number of aromatic nitrogens is 5. The van der Waals surface area contributed by atoms with E-state index in [1.807, 2.05) is 41.2 Å². The van der Waals surface area contributed by atoms with Gasteiger partial charge >= 0.3 is 0 Å². The minimum absolute atomic E-state index is 0.505. The van der Waals surface area contributed by atoms with Gasteiger partial charge in [0.2, 0.25) is 0 Å². The molecule has 0 radical (unpaired) electrons. The van der Waals surface area contributed by atoms with Gasteiger partial charge in [-0.2, -0.15) is 10.1 Å². The SMILES string of the molecule is Cc1nc2c(N(C)Cc3cnn(-c4ccccc4C)c3)ncnc2o1. The molecule has 0 spiro atoms. The van der Waals surface area contributed by atoms with Crippen molar-refractivity contribution in [2.75, 3.05) is 11.9 Å². The third-order valence-electron chi connectivity index (χ3n) is 4.06. The van der Waals surface area contributed by atoms with E-state index in [2.05, 4.69) is 39.1 Å². The molecule has 1 aromatic carbocycles. The molecule has 0 amide bonds. The fourth-order valence-electron chi connectivity index (χ4n) is 2.87. The van der Waals surface area contributed by atoms with Crippen LogP contribution in [0.4, 0.5) is 5.82 Å². The molecule has 7 heteroatoms. The van der Waals surface area contributed by atoms with E-state index in [9.17, 15) is 0 Å². The van der Waals surface area contributed by atoms with Crippen LogP contribution in [0.2, 0.25) is 0 Å². The molecule has 7 nitrogen and oxygen atoms in total. The first-order chi connectivity index (χ1) is 12.1. The van der Waals surface area contributed by atoms with Crippen LogP contribution in [-0.2, 0) is 6.54 Å². The van der Waals surface area contributed by atoms with Crippen molar-refractivity contribution in [1.29, 1.82) is 0 Å². The number of fused-ring (bicyclic) bond motifs is 1. The van der Waals surface area contributed by atoms with Gasteiger partial charge in [0.15, 0.2) is 17.2 Å². The fourth-order valence-corrected chi connectivity index (χ4v) is 2.87. The Bertz CT molecular complexity index is 1030. The van der Waals surface area contributed by atoms with Crippen LogP contribution >= 0.6 is 0 Å². The van der Waals surface area contributed by atoms with Crippen LogP contribution in [0.25, 0.3) is 16.9 Å². The first-order valence-corrected chi connectivity index (χ1v) is 8.00. The van der Waals surface area contributed by atoms with E-state index < -0.39 is 0 Å². The number of rotatable bonds is 4. The minimum atomic E-state index is 0.505. The molecule has 0 aliphatic rings. The van der Waals surface area contributed by atoms with Crippen molar-refractivity contribution in [2.24, 2.45) is 0 Å². The van der Waals surface area contributed by atoms with Gasteiger partial charge in [-0.25, -0.2) is 14.6 Å². The predicted molar refractivity (Wildman–Crippen MR) is 94.7 cm³/mol. The zero-order chi connectivity index (χ0) is 17.4. The molecule has 4 aromatic rings. The van der Waals surface area contributed by atoms with Crippen LogP contribution < -0.4 is 4.90 Å². The number of para-hydroxylation sites is 1. The highest BCUT2D eigenvalue weighted by atomic mass is 16.4. The van der Waals surface area contributed by atoms with Crippen molar-refractivity contribution in [3.05, 3.63) is 60.0 Å². The molecule has 0 N–H and O–H groups in total. The molecule has 3 heterocycles. The van der Waals surface area contributed by atoms with E-state index in [0.29, 0.717) is 23.7 Å². The Kier molecular flexibility index (Phi) is 3.68. The zero-order valence-electron chi connectivity index (χ0n) is 14.3. The van der Waals surface area contributed by atoms with Crippen molar-refractivity contribution in [2.45, 2.75) is 20.4 Å². The van der Waals surface area contributed by atoms with E-state index in [1.165, 1.54) is 11.9 Å². The summed E-state index contributed by atoms with van der Waals surface area (Å²) in [6, 6.07) is 8.17. The summed E-state index contributed by atoms with van der Waals surface area (Å²) in [5, 5.41) is 4.48. The number of anilines is 1. The molecule has 25 heavy (non-hydrogen) atoms. The van der Waals surface area contributed by atoms with E-state index in [0.717, 1.165) is 17.1 Å². The number of oxazole rings is 1. The maximum Gasteiger partial charge on any atom is 0.252 e. The van der Waals surface area contributed by atoms with E-state index in [4.69, 9.17) is 4.42 Å². The Morgan fingerprint density at radius 2 is 2.00 bits per heavy atom. The molecule has 0 saturated carbocycles. The molecule has 0 bridgehead atoms. The lowest BCUT2D eigenvalue weighted by Gasteiger charge is -2.16. The number of hydrogen-bond donors (Lipinski definition) is 0. The molecule has 0 aliphatic carbocycles. The lowest BCUT2D eigenvalue weighted by atomic mass is 10.2. The molecular formula is C18H18N6O. The van der Waals surface area contributed by atoms with Gasteiger partial charge in [-0.3, -0.25) is 0 Å². The van der Waals surface area contributed by atoms with E-state index in [1.54, 1.807) is 6.92 Å². The van der Waals surface area contributed by atoms with Crippen LogP contribution in [0.15, 0.2) is 47.4 Å². The molecular weight excluding hydrogens is 316 g/mol. The fraction of sp³-hybridized carbons (Fsp3) is 0.222. The second-order valence-corrected chi connectivity index (χ2v) is 6.02. The highest BCUT2D eigenvalue weighted by Gasteiger charge is 2.15. The number of aryl methyl sites for hydroxylation is 2. The smallest absolute Gasteiger partial charge is 0.252 e. The minimum Gasteiger partial charge on any atom is -0.422 e. The molecule has 126 valence electrons. The first-order valence-electron chi connectivity index (χ1n) is 8.00. The molecule has 3 aromatic heterocycles. The Labute approximate surface area is 145 Å². The summed E-state index contributed by atoms with van der Waals surface area (Å²) in [5.41, 5.74) is 4.52. The van der Waals surface area contributed by atoms with Crippen LogP contribution in [0.3, 0.4) is 0 Å². The lowest BCUT2D eigenvalue weighted by Crippen LogP contribution is -2.18. The monoisotopic (exact) mass is 334 g/mol. The number of hydrogen-bond acceptors (Lipinski definition) is 6. The Morgan fingerprint density at radius 3 is 2.84 bits per heavy atom. The second kappa shape index (κ2) is 6.01. The topological polar surface area (TPSA) is 72.9 Å². The summed E-state index contributed by atoms with van der Waals surface area (Å²) in [5.74, 6) is 1.32. The van der Waals surface area contributed by atoms with Crippen LogP contribution in [0.5, 0.6) is 0 Å². The highest BCUT2D eigenvalue weighted by molar-refractivity contribution is 5.81. The molecule has 0 atom stereocenters. The largest absolute Gasteiger partial charge is 0.422 e. The third-order valence-corrected chi connectivity index (χ3v) is 4.06. The summed E-state index contributed by atoms with van der Waals surface area (Å²) in [4.78, 5) is 14.9. The molecule has 0 aliphatic heterocycles. The van der Waals surface area contributed by atoms with Crippen molar-refractivity contribution >= 4 is 17.0 Å². The van der Waals surface area contributed by atoms with Gasteiger partial charge in [-0.1, -0.05) is 18.2 Å². The third kappa shape index (κ3) is 2.84. The number of nitrogens with zero attached hydrogens (tertiary/aromatic N) is 6. The second-order valence-electron chi connectivity index (χ2n) is 6.02. The van der Waals surface area contributed by atoms with Gasteiger partial charge in [0.1, 0.15) is 6.33 Å². The first kappa shape index (κ1) is 15.3. The summed E-state index contributed by atoms with van der Waals surface area (Å²) >= 11 is 0. The summed E-state index contributed by atoms with van der Waals surface area (Å²) in [6.07, 6.45) is 5.40. The van der Waals surface area contributed by atoms with Crippen LogP contribution in [0, 0.1) is 13.8 Å².